The lowest BCUT2D eigenvalue weighted by Gasteiger charge is -2.12. The number of rotatable bonds is 10. The monoisotopic (exact) mass is 633 g/mol. The molecule has 0 radical (unpaired) electrons. The molecule has 0 aromatic heterocycles. The molecular weight excluding hydrogens is 609 g/mol. The van der Waals surface area contributed by atoms with Crippen molar-refractivity contribution in [1.29, 1.82) is 0 Å². The van der Waals surface area contributed by atoms with Crippen LogP contribution in [0.5, 0.6) is 5.75 Å². The van der Waals surface area contributed by atoms with Crippen molar-refractivity contribution in [3.8, 4) is 5.75 Å². The van der Waals surface area contributed by atoms with E-state index in [0.717, 1.165) is 9.37 Å². The number of para-hydroxylation sites is 2. The lowest BCUT2D eigenvalue weighted by atomic mass is 10.1. The van der Waals surface area contributed by atoms with E-state index in [2.05, 4.69) is 31.9 Å². The molecular formula is C31H25BrFN3O4S. The van der Waals surface area contributed by atoms with Crippen LogP contribution in [0.2, 0.25) is 0 Å². The highest BCUT2D eigenvalue weighted by Crippen LogP contribution is 2.25. The number of carbonyl (C=O) groups excluding carboxylic acids is 3. The number of amides is 3. The first-order valence-electron chi connectivity index (χ1n) is 12.3. The van der Waals surface area contributed by atoms with Crippen LogP contribution >= 0.6 is 27.7 Å². The van der Waals surface area contributed by atoms with Gasteiger partial charge in [0.25, 0.3) is 11.8 Å². The Morgan fingerprint density at radius 1 is 0.878 bits per heavy atom. The van der Waals surface area contributed by atoms with E-state index in [0.29, 0.717) is 22.7 Å². The van der Waals surface area contributed by atoms with Gasteiger partial charge < -0.3 is 20.7 Å². The van der Waals surface area contributed by atoms with Crippen LogP contribution in [0.3, 0.4) is 0 Å². The maximum Gasteiger partial charge on any atom is 0.272 e. The van der Waals surface area contributed by atoms with Gasteiger partial charge >= 0.3 is 0 Å². The first-order chi connectivity index (χ1) is 19.8. The molecule has 3 N–H and O–H groups in total. The first-order valence-corrected chi connectivity index (χ1v) is 14.1. The Hall–Kier alpha value is -4.41. The number of nitrogens with one attached hydrogen (secondary N) is 3. The molecule has 0 aliphatic heterocycles. The Morgan fingerprint density at radius 2 is 1.56 bits per heavy atom. The van der Waals surface area contributed by atoms with Crippen LogP contribution in [0.15, 0.2) is 112 Å². The fourth-order valence-corrected chi connectivity index (χ4v) is 4.60. The molecule has 0 atom stereocenters. The molecule has 0 heterocycles. The van der Waals surface area contributed by atoms with Crippen LogP contribution in [0.4, 0.5) is 15.8 Å². The smallest absolute Gasteiger partial charge is 0.272 e. The van der Waals surface area contributed by atoms with Crippen molar-refractivity contribution in [2.45, 2.75) is 4.90 Å². The van der Waals surface area contributed by atoms with Gasteiger partial charge in [-0.1, -0.05) is 52.3 Å². The van der Waals surface area contributed by atoms with E-state index in [1.54, 1.807) is 60.7 Å². The predicted octanol–water partition coefficient (Wildman–Crippen LogP) is 6.74. The molecule has 0 saturated heterocycles. The van der Waals surface area contributed by atoms with Gasteiger partial charge in [0.2, 0.25) is 5.91 Å². The van der Waals surface area contributed by atoms with Crippen molar-refractivity contribution >= 4 is 62.9 Å². The quantitative estimate of drug-likeness (QED) is 0.133. The predicted molar refractivity (Wildman–Crippen MR) is 163 cm³/mol. The van der Waals surface area contributed by atoms with Crippen molar-refractivity contribution in [2.24, 2.45) is 0 Å². The molecule has 0 bridgehead atoms. The maximum absolute atomic E-state index is 14.2. The van der Waals surface area contributed by atoms with Crippen LogP contribution in [-0.2, 0) is 9.59 Å². The Balaban J connectivity index is 1.41. The van der Waals surface area contributed by atoms with Crippen molar-refractivity contribution in [2.75, 3.05) is 23.5 Å². The zero-order valence-electron chi connectivity index (χ0n) is 21.8. The first kappa shape index (κ1) is 29.6. The molecule has 41 heavy (non-hydrogen) atoms. The van der Waals surface area contributed by atoms with Gasteiger partial charge in [0.05, 0.1) is 24.1 Å². The van der Waals surface area contributed by atoms with E-state index < -0.39 is 17.6 Å². The number of methoxy groups -OCH3 is 1. The Labute approximate surface area is 249 Å². The highest BCUT2D eigenvalue weighted by atomic mass is 79.9. The van der Waals surface area contributed by atoms with Crippen LogP contribution in [-0.4, -0.2) is 30.6 Å². The third-order valence-corrected chi connectivity index (χ3v) is 7.20. The largest absolute Gasteiger partial charge is 0.495 e. The highest BCUT2D eigenvalue weighted by molar-refractivity contribution is 9.10. The number of ether oxygens (including phenoxy) is 1. The molecule has 7 nitrogen and oxygen atoms in total. The van der Waals surface area contributed by atoms with Crippen molar-refractivity contribution in [3.63, 3.8) is 0 Å². The van der Waals surface area contributed by atoms with Gasteiger partial charge in [-0.05, 0) is 72.3 Å². The maximum atomic E-state index is 14.2. The minimum absolute atomic E-state index is 0.0629. The minimum Gasteiger partial charge on any atom is -0.495 e. The van der Waals surface area contributed by atoms with Crippen LogP contribution in [0, 0.1) is 5.82 Å². The fourth-order valence-electron chi connectivity index (χ4n) is 3.64. The topological polar surface area (TPSA) is 96.5 Å². The third-order valence-electron chi connectivity index (χ3n) is 5.66. The van der Waals surface area contributed by atoms with E-state index in [1.807, 2.05) is 12.1 Å². The molecule has 0 fully saturated rings. The standard InChI is InChI=1S/C31H25BrFN3O4S/c1-40-28-9-5-4-8-26(28)35-29(37)19-41-23-16-14-22(15-17-23)34-31(39)27(18-20-10-12-21(32)13-11-20)36-30(38)24-6-2-3-7-25(24)33/h2-18H,19H2,1H3,(H,34,39)(H,35,37)(H,36,38)/b27-18+. The third kappa shape index (κ3) is 8.54. The fraction of sp³-hybridized carbons (Fsp3) is 0.0645. The van der Waals surface area contributed by atoms with Gasteiger partial charge in [-0.3, -0.25) is 14.4 Å². The number of hydrogen-bond acceptors (Lipinski definition) is 5. The average molecular weight is 635 g/mol. The van der Waals surface area contributed by atoms with Gasteiger partial charge in [-0.2, -0.15) is 0 Å². The van der Waals surface area contributed by atoms with Gasteiger partial charge in [0.1, 0.15) is 17.3 Å². The molecule has 208 valence electrons. The number of hydrogen-bond donors (Lipinski definition) is 3. The van der Waals surface area contributed by atoms with Crippen molar-refractivity contribution in [3.05, 3.63) is 124 Å². The lowest BCUT2D eigenvalue weighted by molar-refractivity contribution is -0.114. The summed E-state index contributed by atoms with van der Waals surface area (Å²) in [4.78, 5) is 39.2. The SMILES string of the molecule is COc1ccccc1NC(=O)CSc1ccc(NC(=O)/C(=C\c2ccc(Br)cc2)NC(=O)c2ccccc2F)cc1. The summed E-state index contributed by atoms with van der Waals surface area (Å²) >= 11 is 4.70. The molecule has 4 rings (SSSR count). The normalized spacial score (nSPS) is 11.0. The second-order valence-electron chi connectivity index (χ2n) is 8.56. The van der Waals surface area contributed by atoms with Gasteiger partial charge in [-0.25, -0.2) is 4.39 Å². The molecule has 4 aromatic carbocycles. The second kappa shape index (κ2) is 14.3. The summed E-state index contributed by atoms with van der Waals surface area (Å²) in [7, 11) is 1.54. The van der Waals surface area contributed by atoms with E-state index in [1.165, 1.54) is 49.2 Å². The molecule has 4 aromatic rings. The zero-order valence-corrected chi connectivity index (χ0v) is 24.2. The Morgan fingerprint density at radius 3 is 2.27 bits per heavy atom. The van der Waals surface area contributed by atoms with Gasteiger partial charge in [-0.15, -0.1) is 11.8 Å². The number of benzene rings is 4. The molecule has 0 aliphatic rings. The molecule has 0 saturated carbocycles. The molecule has 0 aliphatic carbocycles. The van der Waals surface area contributed by atoms with Crippen LogP contribution in [0.25, 0.3) is 6.08 Å². The van der Waals surface area contributed by atoms with E-state index >= 15 is 0 Å². The number of anilines is 2. The van der Waals surface area contributed by atoms with Crippen LogP contribution < -0.4 is 20.7 Å². The van der Waals surface area contributed by atoms with Crippen molar-refractivity contribution in [1.82, 2.24) is 5.32 Å². The summed E-state index contributed by atoms with van der Waals surface area (Å²) in [6.07, 6.45) is 1.51. The molecule has 3 amide bonds. The summed E-state index contributed by atoms with van der Waals surface area (Å²) in [6.45, 7) is 0. The van der Waals surface area contributed by atoms with Gasteiger partial charge in [0.15, 0.2) is 0 Å². The summed E-state index contributed by atoms with van der Waals surface area (Å²) in [5.74, 6) is -1.48. The Bertz CT molecular complexity index is 1580. The van der Waals surface area contributed by atoms with E-state index in [9.17, 15) is 18.8 Å². The summed E-state index contributed by atoms with van der Waals surface area (Å²) < 4.78 is 20.3. The number of carbonyl (C=O) groups is 3. The van der Waals surface area contributed by atoms with Gasteiger partial charge in [0, 0.05) is 15.1 Å². The molecule has 0 unspecified atom stereocenters. The lowest BCUT2D eigenvalue weighted by Crippen LogP contribution is -2.31. The molecule has 0 spiro atoms. The minimum atomic E-state index is -0.750. The average Bonchev–Trinajstić information content (AvgIpc) is 2.98. The summed E-state index contributed by atoms with van der Waals surface area (Å²) in [5, 5.41) is 8.11. The van der Waals surface area contributed by atoms with Crippen LogP contribution in [0.1, 0.15) is 15.9 Å². The second-order valence-corrected chi connectivity index (χ2v) is 10.5. The van der Waals surface area contributed by atoms with E-state index in [4.69, 9.17) is 4.74 Å². The highest BCUT2D eigenvalue weighted by Gasteiger charge is 2.17. The van der Waals surface area contributed by atoms with Crippen molar-refractivity contribution < 1.29 is 23.5 Å². The summed E-state index contributed by atoms with van der Waals surface area (Å²) in [5.41, 5.74) is 1.47. The number of halogens is 2. The van der Waals surface area contributed by atoms with E-state index in [-0.39, 0.29) is 22.9 Å². The molecule has 10 heteroatoms. The Kier molecular flexibility index (Phi) is 10.3. The summed E-state index contributed by atoms with van der Waals surface area (Å²) in [6, 6.07) is 26.7. The number of thioether (sulfide) groups is 1. The zero-order chi connectivity index (χ0) is 29.2.